The fourth-order valence-electron chi connectivity index (χ4n) is 4.02. The van der Waals surface area contributed by atoms with E-state index in [-0.39, 0.29) is 5.91 Å². The third-order valence-corrected chi connectivity index (χ3v) is 8.30. The Morgan fingerprint density at radius 2 is 1.85 bits per heavy atom. The molecule has 2 saturated heterocycles. The van der Waals surface area contributed by atoms with Crippen molar-refractivity contribution in [3.05, 3.63) is 52.4 Å². The van der Waals surface area contributed by atoms with Crippen molar-refractivity contribution in [2.75, 3.05) is 56.8 Å². The summed E-state index contributed by atoms with van der Waals surface area (Å²) in [4.78, 5) is 26.1. The minimum absolute atomic E-state index is 0.000285. The van der Waals surface area contributed by atoms with E-state index >= 15 is 0 Å². The van der Waals surface area contributed by atoms with Gasteiger partial charge in [0, 0.05) is 43.3 Å². The molecule has 7 nitrogen and oxygen atoms in total. The minimum atomic E-state index is 0.000285. The van der Waals surface area contributed by atoms with Crippen LogP contribution in [-0.2, 0) is 9.53 Å². The third kappa shape index (κ3) is 4.20. The molecule has 2 aromatic rings. The molecule has 3 heterocycles. The van der Waals surface area contributed by atoms with Gasteiger partial charge in [-0.3, -0.25) is 9.69 Å². The van der Waals surface area contributed by atoms with E-state index in [1.54, 1.807) is 23.8 Å². The van der Waals surface area contributed by atoms with Gasteiger partial charge in [-0.1, -0.05) is 11.8 Å². The molecule has 3 aliphatic heterocycles. The Hall–Kier alpha value is -2.62. The van der Waals surface area contributed by atoms with E-state index in [1.807, 2.05) is 44.3 Å². The number of nitrogens with zero attached hydrogens (tertiary/aromatic N) is 4. The van der Waals surface area contributed by atoms with Gasteiger partial charge in [-0.05, 0) is 55.1 Å². The Balaban J connectivity index is 1.41. The normalized spacial score (nSPS) is 21.8. The number of amidine groups is 1. The maximum absolute atomic E-state index is 13.3. The van der Waals surface area contributed by atoms with Gasteiger partial charge in [0.2, 0.25) is 0 Å². The van der Waals surface area contributed by atoms with Crippen LogP contribution >= 0.6 is 23.5 Å². The number of morpholine rings is 1. The van der Waals surface area contributed by atoms with Gasteiger partial charge in [0.15, 0.2) is 5.17 Å². The number of anilines is 2. The summed E-state index contributed by atoms with van der Waals surface area (Å²) in [5.74, 6) is 0.802. The van der Waals surface area contributed by atoms with Gasteiger partial charge in [0.25, 0.3) is 5.91 Å². The lowest BCUT2D eigenvalue weighted by Crippen LogP contribution is -2.36. The second-order valence-corrected chi connectivity index (χ2v) is 9.80. The molecule has 9 heteroatoms. The van der Waals surface area contributed by atoms with Gasteiger partial charge in [-0.25, -0.2) is 4.99 Å². The third-order valence-electron chi connectivity index (χ3n) is 5.86. The fourth-order valence-corrected chi connectivity index (χ4v) is 6.41. The molecule has 172 valence electrons. The molecule has 33 heavy (non-hydrogen) atoms. The molecule has 0 unspecified atom stereocenters. The highest BCUT2D eigenvalue weighted by molar-refractivity contribution is 8.19. The predicted molar refractivity (Wildman–Crippen MR) is 136 cm³/mol. The Morgan fingerprint density at radius 1 is 1.09 bits per heavy atom. The summed E-state index contributed by atoms with van der Waals surface area (Å²) >= 11 is 3.06. The van der Waals surface area contributed by atoms with Crippen LogP contribution in [0.1, 0.15) is 6.92 Å². The van der Waals surface area contributed by atoms with E-state index in [4.69, 9.17) is 14.5 Å². The monoisotopic (exact) mass is 482 g/mol. The summed E-state index contributed by atoms with van der Waals surface area (Å²) in [6.07, 6.45) is 0. The number of aliphatic imine (C=N–C) groups is 1. The van der Waals surface area contributed by atoms with Crippen LogP contribution < -0.4 is 14.5 Å². The fraction of sp³-hybridized carbons (Fsp3) is 0.333. The molecular weight excluding hydrogens is 456 g/mol. The molecule has 0 spiro atoms. The number of ether oxygens (including phenoxy) is 2. The molecule has 0 bridgehead atoms. The Bertz CT molecular complexity index is 1130. The first-order valence-corrected chi connectivity index (χ1v) is 12.6. The highest BCUT2D eigenvalue weighted by Crippen LogP contribution is 2.51. The lowest BCUT2D eigenvalue weighted by atomic mass is 10.2. The second-order valence-electron chi connectivity index (χ2n) is 7.79. The molecule has 5 rings (SSSR count). The molecule has 0 saturated carbocycles. The van der Waals surface area contributed by atoms with Crippen molar-refractivity contribution in [3.63, 3.8) is 0 Å². The quantitative estimate of drug-likeness (QED) is 0.594. The SMILES string of the molecule is CCN1C(=O)/C(=C2\Sc3ccc(OC)cc3N2C)SC1=Nc1ccc(N2CCOCC2)cc1. The summed E-state index contributed by atoms with van der Waals surface area (Å²) in [5.41, 5.74) is 3.06. The maximum atomic E-state index is 13.3. The van der Waals surface area contributed by atoms with Crippen molar-refractivity contribution in [1.82, 2.24) is 4.90 Å². The number of carbonyl (C=O) groups is 1. The van der Waals surface area contributed by atoms with Gasteiger partial charge < -0.3 is 19.3 Å². The number of rotatable bonds is 4. The summed E-state index contributed by atoms with van der Waals surface area (Å²) < 4.78 is 10.8. The minimum Gasteiger partial charge on any atom is -0.497 e. The highest BCUT2D eigenvalue weighted by atomic mass is 32.2. The number of carbonyl (C=O) groups excluding carboxylic acids is 1. The summed E-state index contributed by atoms with van der Waals surface area (Å²) in [7, 11) is 3.65. The first-order chi connectivity index (χ1) is 16.1. The lowest BCUT2D eigenvalue weighted by Gasteiger charge is -2.28. The van der Waals surface area contributed by atoms with Gasteiger partial charge >= 0.3 is 0 Å². The number of methoxy groups -OCH3 is 1. The average molecular weight is 483 g/mol. The Kier molecular flexibility index (Phi) is 6.27. The topological polar surface area (TPSA) is 57.6 Å². The van der Waals surface area contributed by atoms with E-state index in [0.29, 0.717) is 16.6 Å². The van der Waals surface area contributed by atoms with Crippen LogP contribution in [0.25, 0.3) is 0 Å². The number of amides is 1. The van der Waals surface area contributed by atoms with Crippen LogP contribution in [0.4, 0.5) is 17.1 Å². The molecule has 0 radical (unpaired) electrons. The molecular formula is C24H26N4O3S2. The largest absolute Gasteiger partial charge is 0.497 e. The molecule has 0 N–H and O–H groups in total. The first kappa shape index (κ1) is 22.2. The second kappa shape index (κ2) is 9.32. The Morgan fingerprint density at radius 3 is 2.55 bits per heavy atom. The van der Waals surface area contributed by atoms with Crippen LogP contribution in [0.15, 0.2) is 62.3 Å². The lowest BCUT2D eigenvalue weighted by molar-refractivity contribution is -0.122. The maximum Gasteiger partial charge on any atom is 0.269 e. The summed E-state index contributed by atoms with van der Waals surface area (Å²) in [6, 6.07) is 14.2. The van der Waals surface area contributed by atoms with Crippen molar-refractivity contribution < 1.29 is 14.3 Å². The van der Waals surface area contributed by atoms with E-state index in [1.165, 1.54) is 17.4 Å². The first-order valence-electron chi connectivity index (χ1n) is 10.9. The van der Waals surface area contributed by atoms with Crippen molar-refractivity contribution in [3.8, 4) is 5.75 Å². The van der Waals surface area contributed by atoms with Crippen LogP contribution in [-0.4, -0.2) is 63.0 Å². The van der Waals surface area contributed by atoms with Gasteiger partial charge in [-0.15, -0.1) is 0 Å². The van der Waals surface area contributed by atoms with Crippen LogP contribution in [0.5, 0.6) is 5.75 Å². The molecule has 2 fully saturated rings. The standard InChI is InChI=1S/C24H26N4O3S2/c1-4-28-22(29)21(23-26(2)19-15-18(30-3)9-10-20(19)32-23)33-24(28)25-16-5-7-17(8-6-16)27-11-13-31-14-12-27/h5-10,15H,4,11-14H2,1-3H3/b23-21+,25-24?. The van der Waals surface area contributed by atoms with Gasteiger partial charge in [0.05, 0.1) is 36.7 Å². The number of benzene rings is 2. The zero-order valence-corrected chi connectivity index (χ0v) is 20.5. The molecule has 1 amide bonds. The van der Waals surface area contributed by atoms with E-state index in [0.717, 1.165) is 53.4 Å². The Labute approximate surface area is 202 Å². The van der Waals surface area contributed by atoms with Gasteiger partial charge in [-0.2, -0.15) is 0 Å². The van der Waals surface area contributed by atoms with E-state index in [2.05, 4.69) is 21.9 Å². The van der Waals surface area contributed by atoms with Crippen LogP contribution in [0.3, 0.4) is 0 Å². The van der Waals surface area contributed by atoms with Crippen molar-refractivity contribution in [2.45, 2.75) is 11.8 Å². The van der Waals surface area contributed by atoms with Gasteiger partial charge in [0.1, 0.15) is 10.7 Å². The molecule has 2 aromatic carbocycles. The molecule has 0 aliphatic carbocycles. The highest BCUT2D eigenvalue weighted by Gasteiger charge is 2.38. The van der Waals surface area contributed by atoms with Crippen molar-refractivity contribution in [2.24, 2.45) is 4.99 Å². The average Bonchev–Trinajstić information content (AvgIpc) is 3.35. The summed E-state index contributed by atoms with van der Waals surface area (Å²) in [6.45, 7) is 5.87. The molecule has 0 aromatic heterocycles. The van der Waals surface area contributed by atoms with Crippen LogP contribution in [0.2, 0.25) is 0 Å². The zero-order valence-electron chi connectivity index (χ0n) is 18.9. The zero-order chi connectivity index (χ0) is 22.9. The number of fused-ring (bicyclic) bond motifs is 1. The number of hydrogen-bond donors (Lipinski definition) is 0. The van der Waals surface area contributed by atoms with E-state index < -0.39 is 0 Å². The van der Waals surface area contributed by atoms with Crippen LogP contribution in [0, 0.1) is 0 Å². The number of likely N-dealkylation sites (N-methyl/N-ethyl adjacent to an activating group) is 1. The van der Waals surface area contributed by atoms with E-state index in [9.17, 15) is 4.79 Å². The smallest absolute Gasteiger partial charge is 0.269 e. The van der Waals surface area contributed by atoms with Crippen molar-refractivity contribution in [1.29, 1.82) is 0 Å². The number of hydrogen-bond acceptors (Lipinski definition) is 8. The molecule has 3 aliphatic rings. The molecule has 0 atom stereocenters. The van der Waals surface area contributed by atoms with Crippen molar-refractivity contribution >= 4 is 51.7 Å². The number of thioether (sulfide) groups is 2. The summed E-state index contributed by atoms with van der Waals surface area (Å²) in [5, 5.41) is 1.64. The predicted octanol–water partition coefficient (Wildman–Crippen LogP) is 4.53.